The Balaban J connectivity index is 2.11. The Bertz CT molecular complexity index is 886. The molecule has 3 rings (SSSR count). The van der Waals surface area contributed by atoms with Crippen molar-refractivity contribution in [3.05, 3.63) is 59.4 Å². The second-order valence-electron chi connectivity index (χ2n) is 4.88. The second kappa shape index (κ2) is 4.74. The highest BCUT2D eigenvalue weighted by atomic mass is 32.2. The summed E-state index contributed by atoms with van der Waals surface area (Å²) in [5, 5.41) is 0. The predicted molar refractivity (Wildman–Crippen MR) is 77.1 cm³/mol. The van der Waals surface area contributed by atoms with Crippen molar-refractivity contribution in [2.24, 2.45) is 0 Å². The summed E-state index contributed by atoms with van der Waals surface area (Å²) < 4.78 is 37.0. The van der Waals surface area contributed by atoms with Crippen LogP contribution in [-0.2, 0) is 9.84 Å². The molecule has 0 fully saturated rings. The van der Waals surface area contributed by atoms with Gasteiger partial charge in [-0.1, -0.05) is 12.1 Å². The zero-order chi connectivity index (χ0) is 16.1. The summed E-state index contributed by atoms with van der Waals surface area (Å²) in [5.74, 6) is -2.21. The molecule has 0 atom stereocenters. The van der Waals surface area contributed by atoms with E-state index in [1.54, 1.807) is 12.1 Å². The number of carbonyl (C=O) groups excluding carboxylic acids is 2. The highest BCUT2D eigenvalue weighted by molar-refractivity contribution is 7.90. The number of anilines is 1. The normalized spacial score (nSPS) is 14.4. The molecule has 0 bridgehead atoms. The third kappa shape index (κ3) is 2.10. The Kier molecular flexibility index (Phi) is 3.10. The maximum Gasteiger partial charge on any atom is 0.266 e. The lowest BCUT2D eigenvalue weighted by Gasteiger charge is -2.15. The lowest BCUT2D eigenvalue weighted by atomic mass is 10.1. The summed E-state index contributed by atoms with van der Waals surface area (Å²) in [4.78, 5) is 25.0. The number of hydrogen-bond acceptors (Lipinski definition) is 4. The van der Waals surface area contributed by atoms with E-state index < -0.39 is 27.5 Å². The van der Waals surface area contributed by atoms with Crippen molar-refractivity contribution in [2.75, 3.05) is 11.2 Å². The number of amides is 2. The van der Waals surface area contributed by atoms with Crippen LogP contribution in [0.2, 0.25) is 0 Å². The van der Waals surface area contributed by atoms with E-state index in [-0.39, 0.29) is 21.7 Å². The van der Waals surface area contributed by atoms with Crippen molar-refractivity contribution in [3.63, 3.8) is 0 Å². The third-order valence-corrected chi connectivity index (χ3v) is 4.49. The minimum Gasteiger partial charge on any atom is -0.268 e. The van der Waals surface area contributed by atoms with E-state index in [1.165, 1.54) is 12.1 Å². The number of benzene rings is 2. The van der Waals surface area contributed by atoms with Crippen LogP contribution in [0.1, 0.15) is 20.7 Å². The molecule has 1 heterocycles. The van der Waals surface area contributed by atoms with Crippen LogP contribution in [0.3, 0.4) is 0 Å². The Morgan fingerprint density at radius 1 is 0.955 bits per heavy atom. The molecule has 2 aromatic carbocycles. The number of hydrogen-bond donors (Lipinski definition) is 0. The van der Waals surface area contributed by atoms with Gasteiger partial charge in [-0.25, -0.2) is 17.7 Å². The van der Waals surface area contributed by atoms with E-state index in [1.807, 2.05) is 0 Å². The Morgan fingerprint density at radius 2 is 1.50 bits per heavy atom. The Labute approximate surface area is 125 Å². The van der Waals surface area contributed by atoms with Gasteiger partial charge in [0.2, 0.25) is 0 Å². The number of imide groups is 1. The molecule has 0 N–H and O–H groups in total. The molecule has 2 aromatic rings. The zero-order valence-electron chi connectivity index (χ0n) is 11.4. The second-order valence-corrected chi connectivity index (χ2v) is 6.89. The summed E-state index contributed by atoms with van der Waals surface area (Å²) in [7, 11) is -3.57. The first-order valence-electron chi connectivity index (χ1n) is 6.28. The van der Waals surface area contributed by atoms with Gasteiger partial charge in [-0.3, -0.25) is 9.59 Å². The van der Waals surface area contributed by atoms with Crippen LogP contribution in [0.15, 0.2) is 47.4 Å². The summed E-state index contributed by atoms with van der Waals surface area (Å²) in [5.41, 5.74) is 0.122. The Hall–Kier alpha value is -2.54. The third-order valence-electron chi connectivity index (χ3n) is 3.38. The SMILES string of the molecule is CS(=O)(=O)c1ccc(N2C(=O)c3ccccc3C2=O)c(F)c1. The standard InChI is InChI=1S/C15H10FNO4S/c1-22(20,21)9-6-7-13(12(16)8-9)17-14(18)10-4-2-3-5-11(10)15(17)19/h2-8H,1H3. The summed E-state index contributed by atoms with van der Waals surface area (Å²) in [6.45, 7) is 0. The van der Waals surface area contributed by atoms with Crippen LogP contribution in [-0.4, -0.2) is 26.5 Å². The molecular formula is C15H10FNO4S. The monoisotopic (exact) mass is 319 g/mol. The number of fused-ring (bicyclic) bond motifs is 1. The molecule has 0 saturated carbocycles. The number of nitrogens with zero attached hydrogens (tertiary/aromatic N) is 1. The van der Waals surface area contributed by atoms with Gasteiger partial charge in [-0.2, -0.15) is 0 Å². The average Bonchev–Trinajstić information content (AvgIpc) is 2.71. The van der Waals surface area contributed by atoms with Crippen molar-refractivity contribution in [1.82, 2.24) is 0 Å². The van der Waals surface area contributed by atoms with E-state index >= 15 is 0 Å². The first-order valence-corrected chi connectivity index (χ1v) is 8.17. The highest BCUT2D eigenvalue weighted by Crippen LogP contribution is 2.31. The van der Waals surface area contributed by atoms with Gasteiger partial charge >= 0.3 is 0 Å². The molecule has 0 unspecified atom stereocenters. The molecule has 1 aliphatic rings. The van der Waals surface area contributed by atoms with Crippen molar-refractivity contribution in [1.29, 1.82) is 0 Å². The van der Waals surface area contributed by atoms with Crippen LogP contribution in [0.4, 0.5) is 10.1 Å². The molecule has 5 nitrogen and oxygen atoms in total. The van der Waals surface area contributed by atoms with Gasteiger partial charge in [0.1, 0.15) is 5.82 Å². The zero-order valence-corrected chi connectivity index (χ0v) is 12.2. The number of halogens is 1. The highest BCUT2D eigenvalue weighted by Gasteiger charge is 2.37. The molecule has 2 amide bonds. The molecule has 0 aromatic heterocycles. The van der Waals surface area contributed by atoms with Crippen LogP contribution in [0.25, 0.3) is 0 Å². The molecule has 22 heavy (non-hydrogen) atoms. The predicted octanol–water partition coefficient (Wildman–Crippen LogP) is 2.03. The molecule has 0 aliphatic carbocycles. The van der Waals surface area contributed by atoms with Gasteiger partial charge in [0, 0.05) is 6.26 Å². The molecule has 0 saturated heterocycles. The molecule has 1 aliphatic heterocycles. The van der Waals surface area contributed by atoms with Gasteiger partial charge in [-0.15, -0.1) is 0 Å². The quantitative estimate of drug-likeness (QED) is 0.794. The van der Waals surface area contributed by atoms with Gasteiger partial charge in [0.05, 0.1) is 21.7 Å². The van der Waals surface area contributed by atoms with Crippen molar-refractivity contribution >= 4 is 27.3 Å². The first kappa shape index (κ1) is 14.4. The molecular weight excluding hydrogens is 309 g/mol. The van der Waals surface area contributed by atoms with Crippen LogP contribution < -0.4 is 4.90 Å². The Morgan fingerprint density at radius 3 is 1.95 bits per heavy atom. The smallest absolute Gasteiger partial charge is 0.266 e. The number of rotatable bonds is 2. The van der Waals surface area contributed by atoms with Crippen molar-refractivity contribution in [2.45, 2.75) is 4.90 Å². The van der Waals surface area contributed by atoms with E-state index in [0.29, 0.717) is 4.90 Å². The first-order chi connectivity index (χ1) is 10.3. The van der Waals surface area contributed by atoms with Gasteiger partial charge < -0.3 is 0 Å². The molecule has 0 spiro atoms. The van der Waals surface area contributed by atoms with E-state index in [4.69, 9.17) is 0 Å². The van der Waals surface area contributed by atoms with Crippen LogP contribution >= 0.6 is 0 Å². The molecule has 112 valence electrons. The largest absolute Gasteiger partial charge is 0.268 e. The van der Waals surface area contributed by atoms with E-state index in [0.717, 1.165) is 24.5 Å². The fourth-order valence-corrected chi connectivity index (χ4v) is 2.94. The summed E-state index contributed by atoms with van der Waals surface area (Å²) in [6, 6.07) is 9.27. The topological polar surface area (TPSA) is 71.5 Å². The van der Waals surface area contributed by atoms with Crippen molar-refractivity contribution in [3.8, 4) is 0 Å². The van der Waals surface area contributed by atoms with Gasteiger partial charge in [0.15, 0.2) is 9.84 Å². The van der Waals surface area contributed by atoms with Gasteiger partial charge in [-0.05, 0) is 30.3 Å². The number of carbonyl (C=O) groups is 2. The summed E-state index contributed by atoms with van der Waals surface area (Å²) in [6.07, 6.45) is 0.948. The van der Waals surface area contributed by atoms with Crippen LogP contribution in [0.5, 0.6) is 0 Å². The molecule has 0 radical (unpaired) electrons. The maximum atomic E-state index is 14.2. The minimum absolute atomic E-state index is 0.194. The van der Waals surface area contributed by atoms with E-state index in [9.17, 15) is 22.4 Å². The minimum atomic E-state index is -3.57. The summed E-state index contributed by atoms with van der Waals surface area (Å²) >= 11 is 0. The van der Waals surface area contributed by atoms with Crippen molar-refractivity contribution < 1.29 is 22.4 Å². The average molecular weight is 319 g/mol. The fourth-order valence-electron chi connectivity index (χ4n) is 2.31. The van der Waals surface area contributed by atoms with Crippen LogP contribution in [0, 0.1) is 5.82 Å². The lowest BCUT2D eigenvalue weighted by Crippen LogP contribution is -2.30. The van der Waals surface area contributed by atoms with E-state index in [2.05, 4.69) is 0 Å². The number of sulfone groups is 1. The van der Waals surface area contributed by atoms with Gasteiger partial charge in [0.25, 0.3) is 11.8 Å². The lowest BCUT2D eigenvalue weighted by molar-refractivity contribution is 0.0925. The maximum absolute atomic E-state index is 14.2. The fraction of sp³-hybridized carbons (Fsp3) is 0.0667. The molecule has 7 heteroatoms.